The van der Waals surface area contributed by atoms with E-state index in [0.717, 1.165) is 4.88 Å². The summed E-state index contributed by atoms with van der Waals surface area (Å²) >= 11 is 7.30. The molecule has 0 bridgehead atoms. The Balaban J connectivity index is 2.06. The van der Waals surface area contributed by atoms with Gasteiger partial charge < -0.3 is 4.74 Å². The number of hydrogen-bond acceptors (Lipinski definition) is 5. The van der Waals surface area contributed by atoms with Gasteiger partial charge in [-0.15, -0.1) is 11.3 Å². The molecule has 0 saturated heterocycles. The molecule has 7 heteroatoms. The summed E-state index contributed by atoms with van der Waals surface area (Å²) in [6.07, 6.45) is 0.581. The molecule has 0 atom stereocenters. The van der Waals surface area contributed by atoms with Crippen LogP contribution in [0.3, 0.4) is 0 Å². The van der Waals surface area contributed by atoms with Gasteiger partial charge in [0.2, 0.25) is 0 Å². The Morgan fingerprint density at radius 3 is 2.80 bits per heavy atom. The van der Waals surface area contributed by atoms with E-state index in [1.807, 2.05) is 17.5 Å². The molecule has 0 aliphatic heterocycles. The maximum absolute atomic E-state index is 11.9. The predicted octanol–water partition coefficient (Wildman–Crippen LogP) is 3.71. The van der Waals surface area contributed by atoms with Crippen molar-refractivity contribution in [2.45, 2.75) is 6.42 Å². The molecule has 2 aromatic rings. The molecule has 1 aromatic heterocycles. The van der Waals surface area contributed by atoms with Crippen LogP contribution < -0.4 is 0 Å². The van der Waals surface area contributed by atoms with Crippen molar-refractivity contribution in [2.24, 2.45) is 0 Å². The minimum Gasteiger partial charge on any atom is -0.462 e. The van der Waals surface area contributed by atoms with Crippen LogP contribution in [0.1, 0.15) is 15.2 Å². The summed E-state index contributed by atoms with van der Waals surface area (Å²) in [6.45, 7) is 0.170. The zero-order valence-electron chi connectivity index (χ0n) is 10.2. The van der Waals surface area contributed by atoms with E-state index in [4.69, 9.17) is 16.3 Å². The number of ether oxygens (including phenoxy) is 1. The molecule has 104 valence electrons. The van der Waals surface area contributed by atoms with Gasteiger partial charge in [-0.05, 0) is 23.6 Å². The minimum absolute atomic E-state index is 0.0808. The van der Waals surface area contributed by atoms with Crippen LogP contribution in [0, 0.1) is 10.1 Å². The van der Waals surface area contributed by atoms with Gasteiger partial charge in [-0.2, -0.15) is 0 Å². The van der Waals surface area contributed by atoms with Gasteiger partial charge in [0.15, 0.2) is 0 Å². The van der Waals surface area contributed by atoms with Gasteiger partial charge in [0, 0.05) is 11.3 Å². The molecule has 0 unspecified atom stereocenters. The van der Waals surface area contributed by atoms with E-state index in [2.05, 4.69) is 0 Å². The van der Waals surface area contributed by atoms with Crippen LogP contribution in [0.25, 0.3) is 0 Å². The standard InChI is InChI=1S/C13H10ClNO4S/c14-11-5-1-4-10(12(11)15(17)18)13(16)19-7-6-9-3-2-8-20-9/h1-5,8H,6-7H2. The van der Waals surface area contributed by atoms with Crippen LogP contribution in [-0.2, 0) is 11.2 Å². The fourth-order valence-electron chi connectivity index (χ4n) is 1.64. The number of nitro groups is 1. The van der Waals surface area contributed by atoms with Crippen molar-refractivity contribution in [3.63, 3.8) is 0 Å². The van der Waals surface area contributed by atoms with E-state index >= 15 is 0 Å². The van der Waals surface area contributed by atoms with Crippen molar-refractivity contribution in [3.05, 3.63) is 61.3 Å². The van der Waals surface area contributed by atoms with Crippen molar-refractivity contribution < 1.29 is 14.5 Å². The molecule has 0 spiro atoms. The van der Waals surface area contributed by atoms with Crippen LogP contribution in [0.5, 0.6) is 0 Å². The van der Waals surface area contributed by atoms with Crippen LogP contribution >= 0.6 is 22.9 Å². The van der Waals surface area contributed by atoms with Gasteiger partial charge in [0.1, 0.15) is 10.6 Å². The van der Waals surface area contributed by atoms with E-state index < -0.39 is 16.6 Å². The van der Waals surface area contributed by atoms with E-state index in [-0.39, 0.29) is 17.2 Å². The third kappa shape index (κ3) is 3.34. The molecule has 0 aliphatic rings. The fraction of sp³-hybridized carbons (Fsp3) is 0.154. The van der Waals surface area contributed by atoms with Crippen LogP contribution in [0.2, 0.25) is 5.02 Å². The molecule has 5 nitrogen and oxygen atoms in total. The topological polar surface area (TPSA) is 69.4 Å². The van der Waals surface area contributed by atoms with Crippen LogP contribution in [0.15, 0.2) is 35.7 Å². The third-order valence-corrected chi connectivity index (χ3v) is 3.79. The van der Waals surface area contributed by atoms with Crippen molar-refractivity contribution >= 4 is 34.6 Å². The first-order valence-corrected chi connectivity index (χ1v) is 6.98. The van der Waals surface area contributed by atoms with Crippen LogP contribution in [-0.4, -0.2) is 17.5 Å². The lowest BCUT2D eigenvalue weighted by Crippen LogP contribution is -2.10. The smallest absolute Gasteiger partial charge is 0.345 e. The summed E-state index contributed by atoms with van der Waals surface area (Å²) in [5.41, 5.74) is -0.552. The highest BCUT2D eigenvalue weighted by Crippen LogP contribution is 2.28. The summed E-state index contributed by atoms with van der Waals surface area (Å²) < 4.78 is 5.05. The molecule has 1 heterocycles. The first kappa shape index (κ1) is 14.5. The minimum atomic E-state index is -0.740. The number of thiophene rings is 1. The number of benzene rings is 1. The Labute approximate surface area is 123 Å². The van der Waals surface area contributed by atoms with Gasteiger partial charge in [0.05, 0.1) is 11.5 Å². The number of carbonyl (C=O) groups is 1. The molecule has 20 heavy (non-hydrogen) atoms. The highest BCUT2D eigenvalue weighted by Gasteiger charge is 2.24. The average Bonchev–Trinajstić information content (AvgIpc) is 2.91. The molecule has 1 aromatic carbocycles. The molecule has 0 aliphatic carbocycles. The summed E-state index contributed by atoms with van der Waals surface area (Å²) in [5, 5.41) is 12.8. The quantitative estimate of drug-likeness (QED) is 0.479. The summed E-state index contributed by atoms with van der Waals surface area (Å²) in [4.78, 5) is 23.2. The van der Waals surface area contributed by atoms with Crippen LogP contribution in [0.4, 0.5) is 5.69 Å². The highest BCUT2D eigenvalue weighted by atomic mass is 35.5. The Bertz CT molecular complexity index is 627. The zero-order chi connectivity index (χ0) is 14.5. The van der Waals surface area contributed by atoms with Gasteiger partial charge in [-0.25, -0.2) is 4.79 Å². The molecular formula is C13H10ClNO4S. The SMILES string of the molecule is O=C(OCCc1cccs1)c1cccc(Cl)c1[N+](=O)[O-]. The van der Waals surface area contributed by atoms with Crippen molar-refractivity contribution in [3.8, 4) is 0 Å². The van der Waals surface area contributed by atoms with E-state index in [1.54, 1.807) is 11.3 Å². The summed E-state index contributed by atoms with van der Waals surface area (Å²) in [6, 6.07) is 8.01. The predicted molar refractivity (Wildman–Crippen MR) is 76.4 cm³/mol. The maximum atomic E-state index is 11.9. The summed E-state index contributed by atoms with van der Waals surface area (Å²) in [7, 11) is 0. The van der Waals surface area contributed by atoms with Gasteiger partial charge in [-0.1, -0.05) is 23.7 Å². The zero-order valence-corrected chi connectivity index (χ0v) is 11.8. The number of rotatable bonds is 5. The second kappa shape index (κ2) is 6.49. The fourth-order valence-corrected chi connectivity index (χ4v) is 2.58. The maximum Gasteiger partial charge on any atom is 0.345 e. The molecule has 2 rings (SSSR count). The first-order chi connectivity index (χ1) is 9.59. The lowest BCUT2D eigenvalue weighted by Gasteiger charge is -2.05. The summed E-state index contributed by atoms with van der Waals surface area (Å²) in [5.74, 6) is -0.740. The molecular weight excluding hydrogens is 302 g/mol. The largest absolute Gasteiger partial charge is 0.462 e. The normalized spacial score (nSPS) is 10.2. The monoisotopic (exact) mass is 311 g/mol. The number of esters is 1. The van der Waals surface area contributed by atoms with E-state index in [0.29, 0.717) is 6.42 Å². The first-order valence-electron chi connectivity index (χ1n) is 5.72. The number of carbonyl (C=O) groups excluding carboxylic acids is 1. The number of nitro benzene ring substituents is 1. The van der Waals surface area contributed by atoms with Gasteiger partial charge in [-0.3, -0.25) is 10.1 Å². The van der Waals surface area contributed by atoms with Crippen molar-refractivity contribution in [1.82, 2.24) is 0 Å². The van der Waals surface area contributed by atoms with Gasteiger partial charge in [0.25, 0.3) is 0 Å². The molecule has 0 saturated carbocycles. The number of halogens is 1. The second-order valence-corrected chi connectivity index (χ2v) is 5.30. The molecule has 0 radical (unpaired) electrons. The molecule has 0 amide bonds. The Morgan fingerprint density at radius 2 is 2.15 bits per heavy atom. The molecule has 0 fully saturated rings. The Hall–Kier alpha value is -1.92. The third-order valence-electron chi connectivity index (χ3n) is 2.55. The lowest BCUT2D eigenvalue weighted by molar-refractivity contribution is -0.385. The van der Waals surface area contributed by atoms with Crippen molar-refractivity contribution in [2.75, 3.05) is 6.61 Å². The molecule has 0 N–H and O–H groups in total. The van der Waals surface area contributed by atoms with E-state index in [9.17, 15) is 14.9 Å². The number of para-hydroxylation sites is 1. The highest BCUT2D eigenvalue weighted by molar-refractivity contribution is 7.09. The second-order valence-electron chi connectivity index (χ2n) is 3.86. The Kier molecular flexibility index (Phi) is 4.70. The van der Waals surface area contributed by atoms with Crippen molar-refractivity contribution in [1.29, 1.82) is 0 Å². The Morgan fingerprint density at radius 1 is 1.35 bits per heavy atom. The number of hydrogen-bond donors (Lipinski definition) is 0. The number of nitrogens with zero attached hydrogens (tertiary/aromatic N) is 1. The van der Waals surface area contributed by atoms with E-state index in [1.165, 1.54) is 18.2 Å². The lowest BCUT2D eigenvalue weighted by atomic mass is 10.2. The van der Waals surface area contributed by atoms with Gasteiger partial charge >= 0.3 is 11.7 Å². The average molecular weight is 312 g/mol.